The molecule has 0 fully saturated rings. The van der Waals surface area contributed by atoms with Crippen molar-refractivity contribution in [2.75, 3.05) is 6.54 Å². The molecule has 0 aliphatic carbocycles. The van der Waals surface area contributed by atoms with Gasteiger partial charge in [0.05, 0.1) is 0 Å². The van der Waals surface area contributed by atoms with Crippen LogP contribution in [0.3, 0.4) is 0 Å². The third kappa shape index (κ3) is 4.86. The zero-order valence-corrected chi connectivity index (χ0v) is 11.9. The minimum absolute atomic E-state index is 0.475. The van der Waals surface area contributed by atoms with Gasteiger partial charge in [-0.15, -0.1) is 0 Å². The highest BCUT2D eigenvalue weighted by Crippen LogP contribution is 2.22. The van der Waals surface area contributed by atoms with Crippen LogP contribution in [0.25, 0.3) is 0 Å². The molecular formula is C15H26N2. The number of nitrogens with one attached hydrogen (secondary N) is 1. The molecule has 1 aromatic heterocycles. The first-order valence-corrected chi connectivity index (χ1v) is 6.71. The number of aryl methyl sites for hydroxylation is 2. The summed E-state index contributed by atoms with van der Waals surface area (Å²) in [5.41, 5.74) is 3.62. The molecule has 0 aliphatic heterocycles. The number of hydrogen-bond donors (Lipinski definition) is 1. The Labute approximate surface area is 106 Å². The Hall–Kier alpha value is -0.890. The molecule has 1 N–H and O–H groups in total. The molecule has 96 valence electrons. The average Bonchev–Trinajstić information content (AvgIpc) is 2.22. The fraction of sp³-hybridized carbons (Fsp3) is 0.667. The summed E-state index contributed by atoms with van der Waals surface area (Å²) in [7, 11) is 0. The number of pyridine rings is 1. The van der Waals surface area contributed by atoms with Gasteiger partial charge in [0, 0.05) is 17.4 Å². The zero-order chi connectivity index (χ0) is 12.8. The van der Waals surface area contributed by atoms with Gasteiger partial charge in [-0.25, -0.2) is 0 Å². The largest absolute Gasteiger partial charge is 0.310 e. The Morgan fingerprint density at radius 1 is 1.12 bits per heavy atom. The van der Waals surface area contributed by atoms with Gasteiger partial charge in [-0.2, -0.15) is 0 Å². The molecule has 1 atom stereocenters. The lowest BCUT2D eigenvalue weighted by molar-refractivity contribution is 0.448. The smallest absolute Gasteiger partial charge is 0.0379 e. The third-order valence-corrected chi connectivity index (χ3v) is 2.99. The number of aromatic nitrogens is 1. The van der Waals surface area contributed by atoms with Crippen LogP contribution < -0.4 is 5.32 Å². The molecule has 0 aliphatic rings. The third-order valence-electron chi connectivity index (χ3n) is 2.99. The van der Waals surface area contributed by atoms with Gasteiger partial charge in [0.15, 0.2) is 0 Å². The molecule has 0 saturated heterocycles. The average molecular weight is 234 g/mol. The zero-order valence-electron chi connectivity index (χ0n) is 11.9. The molecule has 0 bridgehead atoms. The lowest BCUT2D eigenvalue weighted by Crippen LogP contribution is -2.21. The van der Waals surface area contributed by atoms with Crippen molar-refractivity contribution in [2.45, 2.75) is 53.5 Å². The summed E-state index contributed by atoms with van der Waals surface area (Å²) in [6.07, 6.45) is 2.46. The van der Waals surface area contributed by atoms with E-state index in [1.54, 1.807) is 0 Å². The van der Waals surface area contributed by atoms with Gasteiger partial charge in [-0.1, -0.05) is 20.8 Å². The van der Waals surface area contributed by atoms with Crippen molar-refractivity contribution in [1.29, 1.82) is 0 Å². The van der Waals surface area contributed by atoms with Crippen molar-refractivity contribution in [3.63, 3.8) is 0 Å². The monoisotopic (exact) mass is 234 g/mol. The van der Waals surface area contributed by atoms with Gasteiger partial charge in [0.1, 0.15) is 0 Å². The van der Waals surface area contributed by atoms with Gasteiger partial charge >= 0.3 is 0 Å². The molecule has 17 heavy (non-hydrogen) atoms. The van der Waals surface area contributed by atoms with Crippen molar-refractivity contribution >= 4 is 0 Å². The SMILES string of the molecule is CCNC(CCC(C)C)c1cc(C)nc(C)c1. The molecule has 0 spiro atoms. The summed E-state index contributed by atoms with van der Waals surface area (Å²) in [5, 5.41) is 3.58. The highest BCUT2D eigenvalue weighted by molar-refractivity contribution is 5.23. The summed E-state index contributed by atoms with van der Waals surface area (Å²) in [6, 6.07) is 4.89. The van der Waals surface area contributed by atoms with Gasteiger partial charge in [-0.05, 0) is 56.8 Å². The van der Waals surface area contributed by atoms with E-state index in [-0.39, 0.29) is 0 Å². The first kappa shape index (κ1) is 14.2. The van der Waals surface area contributed by atoms with Gasteiger partial charge in [0.2, 0.25) is 0 Å². The second kappa shape index (κ2) is 6.75. The fourth-order valence-electron chi connectivity index (χ4n) is 2.20. The van der Waals surface area contributed by atoms with E-state index in [1.807, 2.05) is 0 Å². The molecule has 1 aromatic rings. The molecule has 0 aromatic carbocycles. The van der Waals surface area contributed by atoms with Crippen LogP contribution in [-0.2, 0) is 0 Å². The first-order chi connectivity index (χ1) is 8.02. The standard InChI is InChI=1S/C15H26N2/c1-6-16-15(8-7-11(2)3)14-9-12(4)17-13(5)10-14/h9-11,15-16H,6-8H2,1-5H3. The van der Waals surface area contributed by atoms with Crippen molar-refractivity contribution in [3.8, 4) is 0 Å². The maximum atomic E-state index is 4.44. The van der Waals surface area contributed by atoms with E-state index in [1.165, 1.54) is 18.4 Å². The second-order valence-corrected chi connectivity index (χ2v) is 5.26. The number of hydrogen-bond acceptors (Lipinski definition) is 2. The Bertz CT molecular complexity index is 325. The van der Waals surface area contributed by atoms with Crippen molar-refractivity contribution in [1.82, 2.24) is 10.3 Å². The van der Waals surface area contributed by atoms with Crippen LogP contribution in [0.15, 0.2) is 12.1 Å². The number of rotatable bonds is 6. The number of nitrogens with zero attached hydrogens (tertiary/aromatic N) is 1. The molecule has 1 unspecified atom stereocenters. The minimum Gasteiger partial charge on any atom is -0.310 e. The predicted octanol–water partition coefficient (Wildman–Crippen LogP) is 3.79. The van der Waals surface area contributed by atoms with Crippen LogP contribution in [0.5, 0.6) is 0 Å². The van der Waals surface area contributed by atoms with Crippen LogP contribution in [0.2, 0.25) is 0 Å². The summed E-state index contributed by atoms with van der Waals surface area (Å²) < 4.78 is 0. The van der Waals surface area contributed by atoms with E-state index in [4.69, 9.17) is 0 Å². The lowest BCUT2D eigenvalue weighted by atomic mass is 9.97. The van der Waals surface area contributed by atoms with Crippen LogP contribution in [0.1, 0.15) is 56.6 Å². The van der Waals surface area contributed by atoms with Gasteiger partial charge < -0.3 is 5.32 Å². The molecule has 0 amide bonds. The van der Waals surface area contributed by atoms with Crippen LogP contribution in [0.4, 0.5) is 0 Å². The summed E-state index contributed by atoms with van der Waals surface area (Å²) in [4.78, 5) is 4.44. The summed E-state index contributed by atoms with van der Waals surface area (Å²) in [6.45, 7) is 11.9. The maximum Gasteiger partial charge on any atom is 0.0379 e. The fourth-order valence-corrected chi connectivity index (χ4v) is 2.20. The molecule has 0 radical (unpaired) electrons. The van der Waals surface area contributed by atoms with E-state index in [9.17, 15) is 0 Å². The topological polar surface area (TPSA) is 24.9 Å². The highest BCUT2D eigenvalue weighted by Gasteiger charge is 2.12. The Kier molecular flexibility index (Phi) is 5.63. The van der Waals surface area contributed by atoms with E-state index < -0.39 is 0 Å². The van der Waals surface area contributed by atoms with Crippen molar-refractivity contribution < 1.29 is 0 Å². The normalized spacial score (nSPS) is 13.1. The van der Waals surface area contributed by atoms with E-state index in [0.29, 0.717) is 6.04 Å². The highest BCUT2D eigenvalue weighted by atomic mass is 14.9. The predicted molar refractivity (Wildman–Crippen MR) is 74.2 cm³/mol. The maximum absolute atomic E-state index is 4.44. The Balaban J connectivity index is 2.80. The molecule has 1 rings (SSSR count). The summed E-state index contributed by atoms with van der Waals surface area (Å²) >= 11 is 0. The van der Waals surface area contributed by atoms with Crippen LogP contribution >= 0.6 is 0 Å². The quantitative estimate of drug-likeness (QED) is 0.810. The molecule has 1 heterocycles. The second-order valence-electron chi connectivity index (χ2n) is 5.26. The van der Waals surface area contributed by atoms with E-state index in [0.717, 1.165) is 23.9 Å². The van der Waals surface area contributed by atoms with Crippen molar-refractivity contribution in [3.05, 3.63) is 29.1 Å². The molecular weight excluding hydrogens is 208 g/mol. The Morgan fingerprint density at radius 3 is 2.18 bits per heavy atom. The molecule has 0 saturated carbocycles. The molecule has 2 nitrogen and oxygen atoms in total. The Morgan fingerprint density at radius 2 is 1.71 bits per heavy atom. The lowest BCUT2D eigenvalue weighted by Gasteiger charge is -2.20. The first-order valence-electron chi connectivity index (χ1n) is 6.71. The van der Waals surface area contributed by atoms with Crippen LogP contribution in [0, 0.1) is 19.8 Å². The van der Waals surface area contributed by atoms with Crippen LogP contribution in [-0.4, -0.2) is 11.5 Å². The molecule has 2 heteroatoms. The van der Waals surface area contributed by atoms with Gasteiger partial charge in [0.25, 0.3) is 0 Å². The minimum atomic E-state index is 0.475. The van der Waals surface area contributed by atoms with Crippen molar-refractivity contribution in [2.24, 2.45) is 5.92 Å². The summed E-state index contributed by atoms with van der Waals surface area (Å²) in [5.74, 6) is 0.764. The van der Waals surface area contributed by atoms with E-state index >= 15 is 0 Å². The van der Waals surface area contributed by atoms with E-state index in [2.05, 4.69) is 57.1 Å². The van der Waals surface area contributed by atoms with Gasteiger partial charge in [-0.3, -0.25) is 4.98 Å².